The van der Waals surface area contributed by atoms with Crippen molar-refractivity contribution in [3.05, 3.63) is 29.3 Å². The summed E-state index contributed by atoms with van der Waals surface area (Å²) >= 11 is 5.82. The zero-order valence-corrected chi connectivity index (χ0v) is 12.5. The number of halogens is 1. The first-order valence-corrected chi connectivity index (χ1v) is 6.85. The van der Waals surface area contributed by atoms with E-state index in [2.05, 4.69) is 15.3 Å². The Morgan fingerprint density at radius 3 is 2.59 bits per heavy atom. The van der Waals surface area contributed by atoms with Crippen molar-refractivity contribution in [2.75, 3.05) is 12.0 Å². The highest BCUT2D eigenvalue weighted by Gasteiger charge is 2.63. The number of anilines is 1. The van der Waals surface area contributed by atoms with Gasteiger partial charge in [-0.05, 0) is 31.2 Å². The molecule has 1 fully saturated rings. The number of rotatable bonds is 2. The van der Waals surface area contributed by atoms with E-state index in [9.17, 15) is 14.4 Å². The van der Waals surface area contributed by atoms with Crippen LogP contribution in [0.25, 0.3) is 0 Å². The number of ether oxygens (including phenoxy) is 1. The third-order valence-electron chi connectivity index (χ3n) is 3.85. The van der Waals surface area contributed by atoms with Gasteiger partial charge in [0.2, 0.25) is 5.91 Å². The number of carbonyl (C=O) groups is 3. The quantitative estimate of drug-likeness (QED) is 0.640. The first-order chi connectivity index (χ1) is 10.4. The van der Waals surface area contributed by atoms with Crippen molar-refractivity contribution < 1.29 is 19.1 Å². The van der Waals surface area contributed by atoms with Gasteiger partial charge in [0.25, 0.3) is 5.91 Å². The van der Waals surface area contributed by atoms with Crippen molar-refractivity contribution in [3.8, 4) is 0 Å². The third kappa shape index (κ3) is 1.82. The largest absolute Gasteiger partial charge is 0.464 e. The summed E-state index contributed by atoms with van der Waals surface area (Å²) < 4.78 is 4.62. The molecule has 3 rings (SSSR count). The van der Waals surface area contributed by atoms with Crippen molar-refractivity contribution in [1.29, 1.82) is 0 Å². The van der Waals surface area contributed by atoms with Crippen LogP contribution in [0.2, 0.25) is 5.02 Å². The summed E-state index contributed by atoms with van der Waals surface area (Å²) in [4.78, 5) is 38.1. The first-order valence-electron chi connectivity index (χ1n) is 6.47. The predicted molar refractivity (Wildman–Crippen MR) is 78.4 cm³/mol. The Balaban J connectivity index is 2.03. The van der Waals surface area contributed by atoms with E-state index in [1.165, 1.54) is 14.0 Å². The standard InChI is InChI=1S/C14H12ClN3O4/c1-14-9(10(16-17-14)12(20)22-2)11(19)18(13(14)21)8-5-3-7(15)4-6-8/h3-6,9,17H,1-2H3/t9-,14+/m1/s1. The highest BCUT2D eigenvalue weighted by Crippen LogP contribution is 2.38. The molecule has 1 aromatic carbocycles. The second-order valence-electron chi connectivity index (χ2n) is 5.19. The third-order valence-corrected chi connectivity index (χ3v) is 4.11. The number of benzene rings is 1. The van der Waals surface area contributed by atoms with Crippen LogP contribution in [0.3, 0.4) is 0 Å². The van der Waals surface area contributed by atoms with Gasteiger partial charge in [-0.25, -0.2) is 9.69 Å². The molecule has 1 saturated heterocycles. The Morgan fingerprint density at radius 1 is 1.36 bits per heavy atom. The highest BCUT2D eigenvalue weighted by molar-refractivity contribution is 6.47. The molecule has 0 aliphatic carbocycles. The number of hydrogen-bond acceptors (Lipinski definition) is 6. The van der Waals surface area contributed by atoms with E-state index in [1.54, 1.807) is 24.3 Å². The van der Waals surface area contributed by atoms with Gasteiger partial charge in [0.1, 0.15) is 11.5 Å². The van der Waals surface area contributed by atoms with Gasteiger partial charge in [-0.15, -0.1) is 0 Å². The van der Waals surface area contributed by atoms with E-state index in [1.807, 2.05) is 0 Å². The van der Waals surface area contributed by atoms with Crippen LogP contribution in [0.4, 0.5) is 5.69 Å². The molecule has 2 aliphatic heterocycles. The molecule has 0 unspecified atom stereocenters. The highest BCUT2D eigenvalue weighted by atomic mass is 35.5. The maximum Gasteiger partial charge on any atom is 0.355 e. The van der Waals surface area contributed by atoms with Crippen LogP contribution >= 0.6 is 11.6 Å². The molecule has 7 nitrogen and oxygen atoms in total. The molecule has 1 aromatic rings. The Bertz CT molecular complexity index is 715. The first kappa shape index (κ1) is 14.5. The van der Waals surface area contributed by atoms with E-state index in [-0.39, 0.29) is 5.71 Å². The van der Waals surface area contributed by atoms with Crippen molar-refractivity contribution in [1.82, 2.24) is 5.43 Å². The van der Waals surface area contributed by atoms with E-state index >= 15 is 0 Å². The lowest BCUT2D eigenvalue weighted by molar-refractivity contribution is -0.133. The van der Waals surface area contributed by atoms with Crippen LogP contribution in [0.1, 0.15) is 6.92 Å². The van der Waals surface area contributed by atoms with Gasteiger partial charge in [0, 0.05) is 5.02 Å². The fraction of sp³-hybridized carbons (Fsp3) is 0.286. The summed E-state index contributed by atoms with van der Waals surface area (Å²) in [5.74, 6) is -2.75. The zero-order chi connectivity index (χ0) is 16.1. The maximum atomic E-state index is 12.7. The molecule has 114 valence electrons. The number of hydrazone groups is 1. The molecule has 8 heteroatoms. The Kier molecular flexibility index (Phi) is 3.17. The maximum absolute atomic E-state index is 12.7. The van der Waals surface area contributed by atoms with Gasteiger partial charge in [-0.3, -0.25) is 15.0 Å². The van der Waals surface area contributed by atoms with Crippen LogP contribution < -0.4 is 10.3 Å². The van der Waals surface area contributed by atoms with Crippen LogP contribution in [0.5, 0.6) is 0 Å². The second kappa shape index (κ2) is 4.81. The molecular formula is C14H12ClN3O4. The summed E-state index contributed by atoms with van der Waals surface area (Å²) in [5, 5.41) is 4.30. The number of hydrogen-bond donors (Lipinski definition) is 1. The van der Waals surface area contributed by atoms with E-state index in [4.69, 9.17) is 11.6 Å². The minimum absolute atomic E-state index is 0.0974. The lowest BCUT2D eigenvalue weighted by Gasteiger charge is -2.20. The summed E-state index contributed by atoms with van der Waals surface area (Å²) in [6.45, 7) is 1.53. The molecule has 2 atom stereocenters. The van der Waals surface area contributed by atoms with E-state index in [0.717, 1.165) is 4.90 Å². The molecule has 0 saturated carbocycles. The minimum atomic E-state index is -1.29. The summed E-state index contributed by atoms with van der Waals surface area (Å²) in [6, 6.07) is 6.29. The molecule has 0 spiro atoms. The summed E-state index contributed by atoms with van der Waals surface area (Å²) in [6.07, 6.45) is 0. The number of nitrogens with one attached hydrogen (secondary N) is 1. The fourth-order valence-electron chi connectivity index (χ4n) is 2.68. The van der Waals surface area contributed by atoms with Gasteiger partial charge in [0.05, 0.1) is 12.8 Å². The van der Waals surface area contributed by atoms with Crippen LogP contribution in [0.15, 0.2) is 29.4 Å². The van der Waals surface area contributed by atoms with Gasteiger partial charge < -0.3 is 4.74 Å². The number of amides is 2. The van der Waals surface area contributed by atoms with Crippen molar-refractivity contribution in [3.63, 3.8) is 0 Å². The van der Waals surface area contributed by atoms with Crippen molar-refractivity contribution in [2.24, 2.45) is 11.0 Å². The van der Waals surface area contributed by atoms with Crippen LogP contribution in [-0.2, 0) is 19.1 Å². The average Bonchev–Trinajstić information content (AvgIpc) is 2.95. The summed E-state index contributed by atoms with van der Waals surface area (Å²) in [5.41, 5.74) is 1.60. The van der Waals surface area contributed by atoms with Crippen molar-refractivity contribution >= 4 is 40.8 Å². The van der Waals surface area contributed by atoms with Crippen molar-refractivity contribution in [2.45, 2.75) is 12.5 Å². The molecule has 0 bridgehead atoms. The molecule has 0 radical (unpaired) electrons. The lowest BCUT2D eigenvalue weighted by Crippen LogP contribution is -2.48. The molecule has 22 heavy (non-hydrogen) atoms. The summed E-state index contributed by atoms with van der Waals surface area (Å²) in [7, 11) is 1.19. The molecular weight excluding hydrogens is 310 g/mol. The predicted octanol–water partition coefficient (Wildman–Crippen LogP) is 0.720. The van der Waals surface area contributed by atoms with Crippen LogP contribution in [-0.4, -0.2) is 36.1 Å². The normalized spacial score (nSPS) is 26.6. The smallest absolute Gasteiger partial charge is 0.355 e. The number of carbonyl (C=O) groups excluding carboxylic acids is 3. The zero-order valence-electron chi connectivity index (χ0n) is 11.8. The van der Waals surface area contributed by atoms with Gasteiger partial charge in [-0.1, -0.05) is 11.6 Å². The SMILES string of the molecule is COC(=O)C1=NN[C@]2(C)C(=O)N(c3ccc(Cl)cc3)C(=O)[C@@H]12. The van der Waals surface area contributed by atoms with Gasteiger partial charge in [0.15, 0.2) is 5.71 Å². The monoisotopic (exact) mass is 321 g/mol. The minimum Gasteiger partial charge on any atom is -0.464 e. The Hall–Kier alpha value is -2.41. The van der Waals surface area contributed by atoms with Gasteiger partial charge in [-0.2, -0.15) is 5.10 Å². The average molecular weight is 322 g/mol. The number of fused-ring (bicyclic) bond motifs is 1. The van der Waals surface area contributed by atoms with E-state index < -0.39 is 29.2 Å². The molecule has 2 aliphatic rings. The molecule has 0 aromatic heterocycles. The Labute approximate surface area is 130 Å². The topological polar surface area (TPSA) is 88.1 Å². The number of imide groups is 1. The van der Waals surface area contributed by atoms with Gasteiger partial charge >= 0.3 is 5.97 Å². The second-order valence-corrected chi connectivity index (χ2v) is 5.63. The van der Waals surface area contributed by atoms with E-state index in [0.29, 0.717) is 10.7 Å². The molecule has 1 N–H and O–H groups in total. The Morgan fingerprint density at radius 2 is 2.00 bits per heavy atom. The number of nitrogens with zero attached hydrogens (tertiary/aromatic N) is 2. The molecule has 2 amide bonds. The van der Waals surface area contributed by atoms with Crippen LogP contribution in [0, 0.1) is 5.92 Å². The molecule has 2 heterocycles. The lowest BCUT2D eigenvalue weighted by atomic mass is 9.86. The number of methoxy groups -OCH3 is 1. The fourth-order valence-corrected chi connectivity index (χ4v) is 2.80. The number of esters is 1.